The van der Waals surface area contributed by atoms with Crippen molar-refractivity contribution in [2.75, 3.05) is 19.6 Å². The monoisotopic (exact) mass is 427 g/mol. The van der Waals surface area contributed by atoms with Crippen LogP contribution in [0, 0.1) is 5.41 Å². The third kappa shape index (κ3) is 4.72. The SMILES string of the molecule is CCNC(=O)C1(Cc2cccc(-c3cccnc3)c2)CCN(C(=O)c2ccccc2)CC1. The second kappa shape index (κ2) is 9.77. The summed E-state index contributed by atoms with van der Waals surface area (Å²) in [5, 5.41) is 3.05. The van der Waals surface area contributed by atoms with Gasteiger partial charge in [-0.3, -0.25) is 14.6 Å². The molecule has 4 rings (SSSR count). The molecule has 3 aromatic rings. The van der Waals surface area contributed by atoms with Crippen LogP contribution in [0.3, 0.4) is 0 Å². The van der Waals surface area contributed by atoms with E-state index in [9.17, 15) is 9.59 Å². The number of piperidine rings is 1. The van der Waals surface area contributed by atoms with Crippen LogP contribution in [0.5, 0.6) is 0 Å². The highest BCUT2D eigenvalue weighted by molar-refractivity contribution is 5.94. The fourth-order valence-electron chi connectivity index (χ4n) is 4.52. The normalized spacial score (nSPS) is 15.2. The molecule has 0 radical (unpaired) electrons. The van der Waals surface area contributed by atoms with Crippen LogP contribution in [0.15, 0.2) is 79.1 Å². The number of carbonyl (C=O) groups excluding carboxylic acids is 2. The predicted octanol–water partition coefficient (Wildman–Crippen LogP) is 4.35. The lowest BCUT2D eigenvalue weighted by Gasteiger charge is -2.41. The van der Waals surface area contributed by atoms with Crippen molar-refractivity contribution >= 4 is 11.8 Å². The summed E-state index contributed by atoms with van der Waals surface area (Å²) in [5.74, 6) is 0.118. The van der Waals surface area contributed by atoms with Gasteiger partial charge in [-0.1, -0.05) is 48.5 Å². The van der Waals surface area contributed by atoms with E-state index in [1.54, 1.807) is 6.20 Å². The lowest BCUT2D eigenvalue weighted by atomic mass is 9.72. The van der Waals surface area contributed by atoms with Gasteiger partial charge in [0.2, 0.25) is 5.91 Å². The maximum Gasteiger partial charge on any atom is 0.253 e. The van der Waals surface area contributed by atoms with Crippen molar-refractivity contribution < 1.29 is 9.59 Å². The van der Waals surface area contributed by atoms with E-state index >= 15 is 0 Å². The molecular weight excluding hydrogens is 398 g/mol. The van der Waals surface area contributed by atoms with E-state index in [0.29, 0.717) is 44.5 Å². The van der Waals surface area contributed by atoms with Gasteiger partial charge in [0.25, 0.3) is 5.91 Å². The van der Waals surface area contributed by atoms with Gasteiger partial charge in [0.1, 0.15) is 0 Å². The Morgan fingerprint density at radius 1 is 0.969 bits per heavy atom. The van der Waals surface area contributed by atoms with Gasteiger partial charge in [-0.05, 0) is 61.1 Å². The Labute approximate surface area is 189 Å². The minimum atomic E-state index is -0.517. The quantitative estimate of drug-likeness (QED) is 0.636. The molecule has 1 aromatic heterocycles. The molecule has 2 amide bonds. The largest absolute Gasteiger partial charge is 0.356 e. The van der Waals surface area contributed by atoms with Crippen LogP contribution in [0.1, 0.15) is 35.7 Å². The first-order valence-electron chi connectivity index (χ1n) is 11.2. The fraction of sp³-hybridized carbons (Fsp3) is 0.296. The van der Waals surface area contributed by atoms with E-state index in [1.165, 1.54) is 0 Å². The zero-order valence-electron chi connectivity index (χ0n) is 18.5. The molecular formula is C27H29N3O2. The highest BCUT2D eigenvalue weighted by Crippen LogP contribution is 2.37. The Bertz CT molecular complexity index is 1060. The van der Waals surface area contributed by atoms with Gasteiger partial charge in [0, 0.05) is 37.6 Å². The highest BCUT2D eigenvalue weighted by Gasteiger charge is 2.42. The zero-order valence-corrected chi connectivity index (χ0v) is 18.5. The lowest BCUT2D eigenvalue weighted by Crippen LogP contribution is -2.51. The van der Waals surface area contributed by atoms with Crippen molar-refractivity contribution in [2.45, 2.75) is 26.2 Å². The Morgan fingerprint density at radius 3 is 2.41 bits per heavy atom. The molecule has 32 heavy (non-hydrogen) atoms. The summed E-state index contributed by atoms with van der Waals surface area (Å²) in [7, 11) is 0. The fourth-order valence-corrected chi connectivity index (χ4v) is 4.52. The van der Waals surface area contributed by atoms with Crippen LogP contribution in [0.2, 0.25) is 0 Å². The van der Waals surface area contributed by atoms with E-state index in [-0.39, 0.29) is 11.8 Å². The summed E-state index contributed by atoms with van der Waals surface area (Å²) in [5.41, 5.74) is 3.46. The van der Waals surface area contributed by atoms with Gasteiger partial charge in [-0.25, -0.2) is 0 Å². The van der Waals surface area contributed by atoms with Crippen LogP contribution < -0.4 is 5.32 Å². The molecule has 5 heteroatoms. The van der Waals surface area contributed by atoms with Crippen LogP contribution >= 0.6 is 0 Å². The molecule has 0 saturated carbocycles. The third-order valence-electron chi connectivity index (χ3n) is 6.31. The maximum atomic E-state index is 13.2. The number of aromatic nitrogens is 1. The number of carbonyl (C=O) groups is 2. The van der Waals surface area contributed by atoms with Gasteiger partial charge < -0.3 is 10.2 Å². The van der Waals surface area contributed by atoms with E-state index in [0.717, 1.165) is 16.7 Å². The Morgan fingerprint density at radius 2 is 1.72 bits per heavy atom. The topological polar surface area (TPSA) is 62.3 Å². The summed E-state index contributed by atoms with van der Waals surface area (Å²) >= 11 is 0. The minimum Gasteiger partial charge on any atom is -0.356 e. The van der Waals surface area contributed by atoms with Crippen LogP contribution in [-0.4, -0.2) is 41.3 Å². The molecule has 0 spiro atoms. The number of pyridine rings is 1. The first kappa shape index (κ1) is 21.8. The van der Waals surface area contributed by atoms with Crippen LogP contribution in [0.4, 0.5) is 0 Å². The number of amides is 2. The highest BCUT2D eigenvalue weighted by atomic mass is 16.2. The maximum absolute atomic E-state index is 13.2. The van der Waals surface area contributed by atoms with Crippen molar-refractivity contribution in [2.24, 2.45) is 5.41 Å². The van der Waals surface area contributed by atoms with E-state index < -0.39 is 5.41 Å². The molecule has 2 heterocycles. The number of hydrogen-bond acceptors (Lipinski definition) is 3. The molecule has 1 N–H and O–H groups in total. The molecule has 164 valence electrons. The molecule has 5 nitrogen and oxygen atoms in total. The first-order valence-corrected chi connectivity index (χ1v) is 11.2. The van der Waals surface area contributed by atoms with Gasteiger partial charge >= 0.3 is 0 Å². The molecule has 1 aliphatic rings. The van der Waals surface area contributed by atoms with Gasteiger partial charge in [-0.2, -0.15) is 0 Å². The minimum absolute atomic E-state index is 0.0358. The standard InChI is InChI=1S/C27H29N3O2/c1-2-29-26(32)27(13-16-30(17-14-27)25(31)22-9-4-3-5-10-22)19-21-8-6-11-23(18-21)24-12-7-15-28-20-24/h3-12,15,18,20H,2,13-14,16-17,19H2,1H3,(H,29,32). The Kier molecular flexibility index (Phi) is 6.64. The average Bonchev–Trinajstić information content (AvgIpc) is 2.85. The van der Waals surface area contributed by atoms with Crippen LogP contribution in [-0.2, 0) is 11.2 Å². The Hall–Kier alpha value is -3.47. The molecule has 0 unspecified atom stereocenters. The van der Waals surface area contributed by atoms with Gasteiger partial charge in [-0.15, -0.1) is 0 Å². The second-order valence-corrected chi connectivity index (χ2v) is 8.42. The first-order chi connectivity index (χ1) is 15.6. The summed E-state index contributed by atoms with van der Waals surface area (Å²) in [6.45, 7) is 3.70. The average molecular weight is 428 g/mol. The smallest absolute Gasteiger partial charge is 0.253 e. The number of benzene rings is 2. The summed E-state index contributed by atoms with van der Waals surface area (Å²) in [6.07, 6.45) is 5.57. The Balaban J connectivity index is 1.54. The molecule has 0 atom stereocenters. The van der Waals surface area contributed by atoms with Gasteiger partial charge in [0.15, 0.2) is 0 Å². The number of hydrogen-bond donors (Lipinski definition) is 1. The summed E-state index contributed by atoms with van der Waals surface area (Å²) in [6, 6.07) is 21.7. The van der Waals surface area contributed by atoms with Crippen molar-refractivity contribution in [1.29, 1.82) is 0 Å². The predicted molar refractivity (Wildman–Crippen MR) is 126 cm³/mol. The lowest BCUT2D eigenvalue weighted by molar-refractivity contribution is -0.133. The molecule has 2 aromatic carbocycles. The van der Waals surface area contributed by atoms with Gasteiger partial charge in [0.05, 0.1) is 5.41 Å². The molecule has 1 saturated heterocycles. The van der Waals surface area contributed by atoms with Crippen molar-refractivity contribution in [3.8, 4) is 11.1 Å². The van der Waals surface area contributed by atoms with Crippen molar-refractivity contribution in [3.63, 3.8) is 0 Å². The molecule has 1 aliphatic heterocycles. The molecule has 0 bridgehead atoms. The third-order valence-corrected chi connectivity index (χ3v) is 6.31. The number of rotatable bonds is 6. The number of nitrogens with zero attached hydrogens (tertiary/aromatic N) is 2. The molecule has 0 aliphatic carbocycles. The van der Waals surface area contributed by atoms with E-state index in [2.05, 4.69) is 28.5 Å². The second-order valence-electron chi connectivity index (χ2n) is 8.42. The summed E-state index contributed by atoms with van der Waals surface area (Å²) in [4.78, 5) is 32.2. The van der Waals surface area contributed by atoms with E-state index in [1.807, 2.05) is 66.6 Å². The molecule has 1 fully saturated rings. The summed E-state index contributed by atoms with van der Waals surface area (Å²) < 4.78 is 0. The van der Waals surface area contributed by atoms with Crippen LogP contribution in [0.25, 0.3) is 11.1 Å². The van der Waals surface area contributed by atoms with Crippen molar-refractivity contribution in [3.05, 3.63) is 90.3 Å². The number of likely N-dealkylation sites (tertiary alicyclic amines) is 1. The number of nitrogens with one attached hydrogen (secondary N) is 1. The van der Waals surface area contributed by atoms with E-state index in [4.69, 9.17) is 0 Å². The van der Waals surface area contributed by atoms with Crippen molar-refractivity contribution in [1.82, 2.24) is 15.2 Å². The zero-order chi connectivity index (χ0) is 22.4.